The van der Waals surface area contributed by atoms with Gasteiger partial charge in [-0.25, -0.2) is 9.59 Å². The van der Waals surface area contributed by atoms with Gasteiger partial charge in [-0.3, -0.25) is 4.79 Å². The van der Waals surface area contributed by atoms with Crippen molar-refractivity contribution in [2.45, 2.75) is 6.92 Å². The molecular formula is C12H11NO5. The summed E-state index contributed by atoms with van der Waals surface area (Å²) in [5.74, 6) is -2.83. The van der Waals surface area contributed by atoms with E-state index in [9.17, 15) is 14.4 Å². The van der Waals surface area contributed by atoms with Crippen molar-refractivity contribution < 1.29 is 24.6 Å². The minimum absolute atomic E-state index is 0.101. The zero-order chi connectivity index (χ0) is 13.7. The minimum Gasteiger partial charge on any atom is -0.478 e. The van der Waals surface area contributed by atoms with Crippen molar-refractivity contribution in [1.82, 2.24) is 5.32 Å². The number of hydrogen-bond acceptors (Lipinski definition) is 3. The average molecular weight is 249 g/mol. The van der Waals surface area contributed by atoms with Crippen molar-refractivity contribution in [3.8, 4) is 0 Å². The van der Waals surface area contributed by atoms with Crippen LogP contribution in [0, 0.1) is 0 Å². The molecule has 1 aromatic carbocycles. The second-order valence-electron chi connectivity index (χ2n) is 3.47. The van der Waals surface area contributed by atoms with Crippen LogP contribution in [0.5, 0.6) is 0 Å². The van der Waals surface area contributed by atoms with Gasteiger partial charge in [-0.05, 0) is 23.8 Å². The Labute approximate surface area is 103 Å². The zero-order valence-corrected chi connectivity index (χ0v) is 9.51. The number of carbonyl (C=O) groups excluding carboxylic acids is 1. The summed E-state index contributed by atoms with van der Waals surface area (Å²) in [6, 6.07) is 5.60. The molecule has 0 spiro atoms. The molecule has 0 aliphatic carbocycles. The van der Waals surface area contributed by atoms with Gasteiger partial charge >= 0.3 is 11.9 Å². The van der Waals surface area contributed by atoms with E-state index in [0.29, 0.717) is 5.56 Å². The Hall–Kier alpha value is -2.63. The van der Waals surface area contributed by atoms with E-state index < -0.39 is 17.8 Å². The fourth-order valence-electron chi connectivity index (χ4n) is 1.23. The number of benzene rings is 1. The molecule has 1 amide bonds. The summed E-state index contributed by atoms with van der Waals surface area (Å²) in [5.41, 5.74) is 0.306. The highest BCUT2D eigenvalue weighted by molar-refractivity contribution is 5.96. The monoisotopic (exact) mass is 249 g/mol. The molecule has 0 atom stereocenters. The summed E-state index contributed by atoms with van der Waals surface area (Å²) in [5, 5.41) is 19.7. The molecule has 0 unspecified atom stereocenters. The van der Waals surface area contributed by atoms with Gasteiger partial charge in [-0.1, -0.05) is 12.1 Å². The van der Waals surface area contributed by atoms with E-state index in [2.05, 4.69) is 5.32 Å². The highest BCUT2D eigenvalue weighted by Gasteiger charge is 2.09. The van der Waals surface area contributed by atoms with Crippen molar-refractivity contribution in [3.63, 3.8) is 0 Å². The first-order chi connectivity index (χ1) is 8.40. The van der Waals surface area contributed by atoms with Crippen LogP contribution in [-0.2, 0) is 9.59 Å². The maximum absolute atomic E-state index is 10.8. The van der Waals surface area contributed by atoms with E-state index in [0.717, 1.165) is 0 Å². The van der Waals surface area contributed by atoms with Crippen LogP contribution in [0.3, 0.4) is 0 Å². The second kappa shape index (κ2) is 5.62. The van der Waals surface area contributed by atoms with E-state index in [4.69, 9.17) is 10.2 Å². The molecule has 0 fully saturated rings. The Morgan fingerprint density at radius 2 is 1.67 bits per heavy atom. The first kappa shape index (κ1) is 13.4. The predicted molar refractivity (Wildman–Crippen MR) is 62.8 cm³/mol. The average Bonchev–Trinajstić information content (AvgIpc) is 2.28. The Kier molecular flexibility index (Phi) is 4.20. The van der Waals surface area contributed by atoms with Crippen LogP contribution in [0.1, 0.15) is 22.8 Å². The molecule has 6 heteroatoms. The molecular weight excluding hydrogens is 238 g/mol. The first-order valence-electron chi connectivity index (χ1n) is 4.96. The van der Waals surface area contributed by atoms with Gasteiger partial charge in [0.25, 0.3) is 0 Å². The number of aromatic carboxylic acids is 1. The number of hydrogen-bond donors (Lipinski definition) is 3. The lowest BCUT2D eigenvalue weighted by Gasteiger charge is -2.03. The van der Waals surface area contributed by atoms with Crippen LogP contribution in [0.4, 0.5) is 0 Å². The summed E-state index contributed by atoms with van der Waals surface area (Å²) in [6.45, 7) is 1.20. The van der Waals surface area contributed by atoms with Crippen LogP contribution in [0.15, 0.2) is 30.0 Å². The fourth-order valence-corrected chi connectivity index (χ4v) is 1.23. The third-order valence-electron chi connectivity index (χ3n) is 2.01. The molecule has 0 aliphatic rings. The lowest BCUT2D eigenvalue weighted by Crippen LogP contribution is -2.24. The maximum atomic E-state index is 10.8. The molecule has 94 valence electrons. The molecule has 0 bridgehead atoms. The van der Waals surface area contributed by atoms with Crippen molar-refractivity contribution in [2.24, 2.45) is 0 Å². The van der Waals surface area contributed by atoms with Gasteiger partial charge in [-0.2, -0.15) is 0 Å². The normalized spacial score (nSPS) is 10.8. The van der Waals surface area contributed by atoms with Crippen molar-refractivity contribution >= 4 is 23.9 Å². The maximum Gasteiger partial charge on any atom is 0.352 e. The van der Waals surface area contributed by atoms with E-state index in [1.165, 1.54) is 37.3 Å². The molecule has 0 saturated heterocycles. The van der Waals surface area contributed by atoms with Gasteiger partial charge in [0.15, 0.2) is 0 Å². The van der Waals surface area contributed by atoms with Crippen LogP contribution >= 0.6 is 0 Å². The Morgan fingerprint density at radius 3 is 2.06 bits per heavy atom. The van der Waals surface area contributed by atoms with Gasteiger partial charge in [0.2, 0.25) is 5.91 Å². The molecule has 0 heterocycles. The smallest absolute Gasteiger partial charge is 0.352 e. The summed E-state index contributed by atoms with van der Waals surface area (Å²) in [7, 11) is 0. The lowest BCUT2D eigenvalue weighted by molar-refractivity contribution is -0.134. The lowest BCUT2D eigenvalue weighted by atomic mass is 10.1. The Morgan fingerprint density at radius 1 is 1.11 bits per heavy atom. The number of amides is 1. The van der Waals surface area contributed by atoms with Gasteiger partial charge in [0, 0.05) is 6.92 Å². The summed E-state index contributed by atoms with van der Waals surface area (Å²) in [6.07, 6.45) is 1.25. The van der Waals surface area contributed by atoms with E-state index in [1.807, 2.05) is 0 Å². The zero-order valence-electron chi connectivity index (χ0n) is 9.51. The topological polar surface area (TPSA) is 104 Å². The molecule has 0 aliphatic heterocycles. The number of carbonyl (C=O) groups is 3. The van der Waals surface area contributed by atoms with Gasteiger partial charge in [0.1, 0.15) is 5.70 Å². The first-order valence-corrected chi connectivity index (χ1v) is 4.96. The molecule has 0 aromatic heterocycles. The van der Waals surface area contributed by atoms with Gasteiger partial charge < -0.3 is 15.5 Å². The number of aliphatic carboxylic acids is 1. The third kappa shape index (κ3) is 3.75. The minimum atomic E-state index is -1.27. The van der Waals surface area contributed by atoms with Crippen molar-refractivity contribution in [3.05, 3.63) is 41.1 Å². The standard InChI is InChI=1S/C12H11NO5/c1-7(14)13-10(12(17)18)6-8-2-4-9(5-3-8)11(15)16/h2-6H,1H3,(H,13,14)(H,15,16)(H,17,18). The number of nitrogens with one attached hydrogen (secondary N) is 1. The van der Waals surface area contributed by atoms with E-state index >= 15 is 0 Å². The fraction of sp³-hybridized carbons (Fsp3) is 0.0833. The molecule has 0 saturated carbocycles. The molecule has 6 nitrogen and oxygen atoms in total. The van der Waals surface area contributed by atoms with E-state index in [1.54, 1.807) is 0 Å². The van der Waals surface area contributed by atoms with Crippen molar-refractivity contribution in [1.29, 1.82) is 0 Å². The van der Waals surface area contributed by atoms with Gasteiger partial charge in [0.05, 0.1) is 5.56 Å². The summed E-state index contributed by atoms with van der Waals surface area (Å²) < 4.78 is 0. The Balaban J connectivity index is 3.01. The molecule has 18 heavy (non-hydrogen) atoms. The number of rotatable bonds is 4. The van der Waals surface area contributed by atoms with Crippen molar-refractivity contribution in [2.75, 3.05) is 0 Å². The molecule has 0 radical (unpaired) electrons. The predicted octanol–water partition coefficient (Wildman–Crippen LogP) is 0.946. The summed E-state index contributed by atoms with van der Waals surface area (Å²) in [4.78, 5) is 32.3. The highest BCUT2D eigenvalue weighted by atomic mass is 16.4. The van der Waals surface area contributed by atoms with Crippen LogP contribution in [0.2, 0.25) is 0 Å². The SMILES string of the molecule is CC(=O)NC(=Cc1ccc(C(=O)O)cc1)C(=O)O. The largest absolute Gasteiger partial charge is 0.478 e. The van der Waals surface area contributed by atoms with Crippen LogP contribution in [0.25, 0.3) is 6.08 Å². The second-order valence-corrected chi connectivity index (χ2v) is 3.47. The van der Waals surface area contributed by atoms with E-state index in [-0.39, 0.29) is 11.3 Å². The highest BCUT2D eigenvalue weighted by Crippen LogP contribution is 2.08. The van der Waals surface area contributed by atoms with Gasteiger partial charge in [-0.15, -0.1) is 0 Å². The van der Waals surface area contributed by atoms with Crippen LogP contribution in [-0.4, -0.2) is 28.1 Å². The quantitative estimate of drug-likeness (QED) is 0.689. The third-order valence-corrected chi connectivity index (χ3v) is 2.01. The molecule has 1 rings (SSSR count). The molecule has 1 aromatic rings. The number of carboxylic acid groups (broad SMARTS) is 2. The summed E-state index contributed by atoms with van der Waals surface area (Å²) >= 11 is 0. The van der Waals surface area contributed by atoms with Crippen LogP contribution < -0.4 is 5.32 Å². The molecule has 3 N–H and O–H groups in total. The number of carboxylic acids is 2. The Bertz CT molecular complexity index is 516.